The Morgan fingerprint density at radius 1 is 1.21 bits per heavy atom. The smallest absolute Gasteiger partial charge is 0.325 e. The van der Waals surface area contributed by atoms with Crippen LogP contribution >= 0.6 is 15.9 Å². The highest BCUT2D eigenvalue weighted by Gasteiger charge is 2.60. The summed E-state index contributed by atoms with van der Waals surface area (Å²) in [6, 6.07) is 13.4. The van der Waals surface area contributed by atoms with Gasteiger partial charge in [0.2, 0.25) is 5.91 Å². The van der Waals surface area contributed by atoms with Gasteiger partial charge in [0, 0.05) is 22.6 Å². The number of carbonyl (C=O) groups excluding carboxylic acids is 3. The van der Waals surface area contributed by atoms with Crippen LogP contribution in [0.2, 0.25) is 0 Å². The van der Waals surface area contributed by atoms with Crippen LogP contribution in [0.3, 0.4) is 0 Å². The molecule has 2 aliphatic heterocycles. The number of rotatable bonds is 6. The monoisotopic (exact) mass is 545 g/mol. The van der Waals surface area contributed by atoms with E-state index in [2.05, 4.69) is 21.2 Å². The molecule has 1 saturated carbocycles. The average molecular weight is 546 g/mol. The molecular formula is C24H24BrN3O5S. The molecule has 1 N–H and O–H groups in total. The van der Waals surface area contributed by atoms with Gasteiger partial charge in [-0.1, -0.05) is 52.3 Å². The molecule has 2 aromatic carbocycles. The van der Waals surface area contributed by atoms with Crippen LogP contribution in [-0.2, 0) is 31.5 Å². The predicted molar refractivity (Wildman–Crippen MR) is 127 cm³/mol. The van der Waals surface area contributed by atoms with Gasteiger partial charge in [0.05, 0.1) is 10.6 Å². The fraction of sp³-hybridized carbons (Fsp3) is 0.375. The second-order valence-electron chi connectivity index (χ2n) is 9.21. The minimum absolute atomic E-state index is 0.0109. The third-order valence-electron chi connectivity index (χ3n) is 6.93. The Morgan fingerprint density at radius 2 is 1.91 bits per heavy atom. The van der Waals surface area contributed by atoms with Crippen molar-refractivity contribution in [2.75, 3.05) is 12.3 Å². The zero-order valence-corrected chi connectivity index (χ0v) is 20.9. The van der Waals surface area contributed by atoms with Gasteiger partial charge in [-0.3, -0.25) is 14.5 Å². The molecule has 1 spiro atoms. The number of carbonyl (C=O) groups is 3. The summed E-state index contributed by atoms with van der Waals surface area (Å²) in [6.07, 6.45) is 2.08. The van der Waals surface area contributed by atoms with Gasteiger partial charge in [-0.15, -0.1) is 0 Å². The van der Waals surface area contributed by atoms with Gasteiger partial charge in [-0.05, 0) is 43.4 Å². The van der Waals surface area contributed by atoms with Crippen LogP contribution in [0.25, 0.3) is 0 Å². The van der Waals surface area contributed by atoms with Gasteiger partial charge in [0.1, 0.15) is 6.54 Å². The molecule has 1 aliphatic carbocycles. The lowest BCUT2D eigenvalue weighted by Gasteiger charge is -2.31. The van der Waals surface area contributed by atoms with Gasteiger partial charge in [0.25, 0.3) is 5.91 Å². The van der Waals surface area contributed by atoms with E-state index in [0.29, 0.717) is 16.9 Å². The topological polar surface area (TPSA) is 104 Å². The maximum Gasteiger partial charge on any atom is 0.325 e. The number of amides is 4. The molecule has 10 heteroatoms. The Balaban J connectivity index is 1.42. The maximum absolute atomic E-state index is 13.5. The summed E-state index contributed by atoms with van der Waals surface area (Å²) in [7, 11) is -3.79. The van der Waals surface area contributed by atoms with Gasteiger partial charge >= 0.3 is 6.03 Å². The Kier molecular flexibility index (Phi) is 5.55. The summed E-state index contributed by atoms with van der Waals surface area (Å²) in [5.41, 5.74) is -0.520. The number of urea groups is 1. The first-order valence-corrected chi connectivity index (χ1v) is 13.6. The number of nitrogens with zero attached hydrogens (tertiary/aromatic N) is 2. The van der Waals surface area contributed by atoms with Crippen LogP contribution in [0.4, 0.5) is 4.79 Å². The van der Waals surface area contributed by atoms with E-state index >= 15 is 0 Å². The number of sulfone groups is 1. The van der Waals surface area contributed by atoms with Gasteiger partial charge in [-0.25, -0.2) is 13.2 Å². The highest BCUT2D eigenvalue weighted by atomic mass is 79.9. The number of halogens is 1. The first-order chi connectivity index (χ1) is 16.1. The van der Waals surface area contributed by atoms with E-state index in [0.717, 1.165) is 23.3 Å². The normalized spacial score (nSPS) is 23.6. The molecule has 0 bridgehead atoms. The summed E-state index contributed by atoms with van der Waals surface area (Å²) in [6.45, 7) is 1.92. The number of hydrogen-bond donors (Lipinski definition) is 1. The Bertz CT molecular complexity index is 1290. The molecule has 178 valence electrons. The quantitative estimate of drug-likeness (QED) is 0.562. The molecule has 3 aliphatic rings. The summed E-state index contributed by atoms with van der Waals surface area (Å²) < 4.78 is 26.2. The van der Waals surface area contributed by atoms with E-state index in [1.807, 2.05) is 37.3 Å². The van der Waals surface area contributed by atoms with Crippen molar-refractivity contribution in [2.45, 2.75) is 42.8 Å². The first kappa shape index (κ1) is 23.0. The molecule has 8 nitrogen and oxygen atoms in total. The molecule has 1 unspecified atom stereocenters. The van der Waals surface area contributed by atoms with E-state index in [1.54, 1.807) is 11.0 Å². The summed E-state index contributed by atoms with van der Waals surface area (Å²) in [5.74, 6) is -1.23. The SMILES string of the molecule is C[C@@H](C1CC1)N(Cc1ccccc1)C(=O)CN1C(=O)NC2(CS(=O)(=O)c3cc(Br)ccc32)C1=O. The van der Waals surface area contributed by atoms with Crippen LogP contribution < -0.4 is 5.32 Å². The summed E-state index contributed by atoms with van der Waals surface area (Å²) in [4.78, 5) is 42.4. The van der Waals surface area contributed by atoms with Crippen LogP contribution in [0.15, 0.2) is 57.9 Å². The van der Waals surface area contributed by atoms with E-state index in [1.165, 1.54) is 12.1 Å². The first-order valence-electron chi connectivity index (χ1n) is 11.1. The van der Waals surface area contributed by atoms with E-state index in [-0.39, 0.29) is 22.4 Å². The molecule has 1 saturated heterocycles. The zero-order chi connectivity index (χ0) is 24.3. The lowest BCUT2D eigenvalue weighted by molar-refractivity contribution is -0.140. The minimum Gasteiger partial charge on any atom is -0.334 e. The standard InChI is InChI=1S/C24H24BrN3O5S/c1-15(17-7-8-17)27(12-16-5-3-2-4-6-16)21(29)13-28-22(30)24(26-23(28)31)14-34(32,33)20-11-18(25)9-10-19(20)24/h2-6,9-11,15,17H,7-8,12-14H2,1H3,(H,26,31)/t15-,24?/m0/s1. The molecule has 0 aromatic heterocycles. The fourth-order valence-electron chi connectivity index (χ4n) is 4.90. The average Bonchev–Trinajstić information content (AvgIpc) is 3.58. The highest BCUT2D eigenvalue weighted by Crippen LogP contribution is 2.43. The summed E-state index contributed by atoms with van der Waals surface area (Å²) >= 11 is 3.26. The molecule has 4 amide bonds. The number of fused-ring (bicyclic) bond motifs is 2. The van der Waals surface area contributed by atoms with Gasteiger partial charge < -0.3 is 10.2 Å². The van der Waals surface area contributed by atoms with Crippen molar-refractivity contribution >= 4 is 43.6 Å². The number of imide groups is 1. The van der Waals surface area contributed by atoms with E-state index in [9.17, 15) is 22.8 Å². The molecule has 2 aromatic rings. The second kappa shape index (κ2) is 8.20. The highest BCUT2D eigenvalue weighted by molar-refractivity contribution is 9.10. The lowest BCUT2D eigenvalue weighted by atomic mass is 9.92. The maximum atomic E-state index is 13.5. The third-order valence-corrected chi connectivity index (χ3v) is 9.24. The minimum atomic E-state index is -3.79. The zero-order valence-electron chi connectivity index (χ0n) is 18.5. The number of nitrogens with one attached hydrogen (secondary N) is 1. The molecule has 0 radical (unpaired) electrons. The third kappa shape index (κ3) is 3.82. The van der Waals surface area contributed by atoms with Gasteiger partial charge in [0.15, 0.2) is 15.4 Å². The number of benzene rings is 2. The van der Waals surface area contributed by atoms with Crippen molar-refractivity contribution in [3.8, 4) is 0 Å². The van der Waals surface area contributed by atoms with Crippen LogP contribution in [-0.4, -0.2) is 54.4 Å². The van der Waals surface area contributed by atoms with Crippen molar-refractivity contribution < 1.29 is 22.8 Å². The molecule has 5 rings (SSSR count). The summed E-state index contributed by atoms with van der Waals surface area (Å²) in [5, 5.41) is 2.59. The van der Waals surface area contributed by atoms with Crippen molar-refractivity contribution in [3.63, 3.8) is 0 Å². The molecule has 2 fully saturated rings. The largest absolute Gasteiger partial charge is 0.334 e. The van der Waals surface area contributed by atoms with Crippen molar-refractivity contribution in [1.29, 1.82) is 0 Å². The molecule has 34 heavy (non-hydrogen) atoms. The van der Waals surface area contributed by atoms with Gasteiger partial charge in [-0.2, -0.15) is 0 Å². The number of hydrogen-bond acceptors (Lipinski definition) is 5. The van der Waals surface area contributed by atoms with Crippen molar-refractivity contribution in [3.05, 3.63) is 64.1 Å². The fourth-order valence-corrected chi connectivity index (χ4v) is 7.37. The Hall–Kier alpha value is -2.72. The Morgan fingerprint density at radius 3 is 2.59 bits per heavy atom. The lowest BCUT2D eigenvalue weighted by Crippen LogP contribution is -2.48. The van der Waals surface area contributed by atoms with Crippen LogP contribution in [0, 0.1) is 5.92 Å². The molecule has 2 heterocycles. The molecular weight excluding hydrogens is 522 g/mol. The van der Waals surface area contributed by atoms with Crippen LogP contribution in [0.1, 0.15) is 30.9 Å². The van der Waals surface area contributed by atoms with E-state index in [4.69, 9.17) is 0 Å². The van der Waals surface area contributed by atoms with Crippen LogP contribution in [0.5, 0.6) is 0 Å². The second-order valence-corrected chi connectivity index (χ2v) is 12.1. The Labute approximate surface area is 206 Å². The molecule has 2 atom stereocenters. The van der Waals surface area contributed by atoms with E-state index < -0.39 is 39.6 Å². The van der Waals surface area contributed by atoms with Crippen molar-refractivity contribution in [2.24, 2.45) is 5.92 Å². The predicted octanol–water partition coefficient (Wildman–Crippen LogP) is 2.81. The van der Waals surface area contributed by atoms with Crippen molar-refractivity contribution in [1.82, 2.24) is 15.1 Å².